The van der Waals surface area contributed by atoms with E-state index in [1.165, 1.54) is 4.90 Å². The van der Waals surface area contributed by atoms with Crippen LogP contribution in [0.15, 0.2) is 18.2 Å². The van der Waals surface area contributed by atoms with E-state index >= 15 is 0 Å². The summed E-state index contributed by atoms with van der Waals surface area (Å²) >= 11 is 0. The Morgan fingerprint density at radius 2 is 2.29 bits per heavy atom. The fraction of sp³-hybridized carbons (Fsp3) is 0.333. The van der Waals surface area contributed by atoms with Crippen LogP contribution < -0.4 is 16.0 Å². The number of nitrogens with two attached hydrogens (primary N) is 1. The summed E-state index contributed by atoms with van der Waals surface area (Å²) < 4.78 is 0. The third-order valence-corrected chi connectivity index (χ3v) is 2.81. The Kier molecular flexibility index (Phi) is 3.10. The van der Waals surface area contributed by atoms with Crippen molar-refractivity contribution in [3.8, 4) is 0 Å². The lowest BCUT2D eigenvalue weighted by Crippen LogP contribution is -2.34. The van der Waals surface area contributed by atoms with Gasteiger partial charge in [0.25, 0.3) is 0 Å². The van der Waals surface area contributed by atoms with Crippen molar-refractivity contribution in [2.75, 3.05) is 23.8 Å². The lowest BCUT2D eigenvalue weighted by molar-refractivity contribution is -0.125. The van der Waals surface area contributed by atoms with E-state index in [1.54, 1.807) is 6.07 Å². The van der Waals surface area contributed by atoms with Crippen LogP contribution in [0.4, 0.5) is 11.4 Å². The lowest BCUT2D eigenvalue weighted by atomic mass is 10.1. The molecule has 0 fully saturated rings. The molecule has 2 rings (SSSR count). The van der Waals surface area contributed by atoms with Crippen molar-refractivity contribution < 1.29 is 9.59 Å². The van der Waals surface area contributed by atoms with Gasteiger partial charge in [-0.15, -0.1) is 0 Å². The molecular formula is C12H15N3O2. The first-order valence-electron chi connectivity index (χ1n) is 5.54. The van der Waals surface area contributed by atoms with Gasteiger partial charge in [-0.1, -0.05) is 0 Å². The van der Waals surface area contributed by atoms with Crippen LogP contribution in [0.3, 0.4) is 0 Å². The standard InChI is InChI=1S/C12H15N3O2/c1-14-9-2-3-10-8(6-9)7-12(17)15(10)11(16)4-5-13/h2-3,6,14H,4-5,7,13H2,1H3. The zero-order valence-electron chi connectivity index (χ0n) is 9.69. The van der Waals surface area contributed by atoms with E-state index in [2.05, 4.69) is 5.32 Å². The molecule has 1 aliphatic rings. The number of anilines is 2. The first kappa shape index (κ1) is 11.6. The number of nitrogens with one attached hydrogen (secondary N) is 1. The predicted octanol–water partition coefficient (Wildman–Crippen LogP) is 0.493. The highest BCUT2D eigenvalue weighted by Crippen LogP contribution is 2.31. The molecule has 0 unspecified atom stereocenters. The van der Waals surface area contributed by atoms with Gasteiger partial charge in [-0.05, 0) is 23.8 Å². The van der Waals surface area contributed by atoms with Crippen LogP contribution in [0, 0.1) is 0 Å². The number of carbonyl (C=O) groups is 2. The Labute approximate surface area is 99.6 Å². The zero-order chi connectivity index (χ0) is 12.4. The molecule has 3 N–H and O–H groups in total. The van der Waals surface area contributed by atoms with Crippen molar-refractivity contribution in [1.29, 1.82) is 0 Å². The van der Waals surface area contributed by atoms with Gasteiger partial charge >= 0.3 is 0 Å². The van der Waals surface area contributed by atoms with Crippen LogP contribution in [0.2, 0.25) is 0 Å². The van der Waals surface area contributed by atoms with Gasteiger partial charge in [-0.25, -0.2) is 4.90 Å². The fourth-order valence-corrected chi connectivity index (χ4v) is 1.99. The molecule has 5 heteroatoms. The van der Waals surface area contributed by atoms with Gasteiger partial charge in [-0.2, -0.15) is 0 Å². The van der Waals surface area contributed by atoms with Gasteiger partial charge in [-0.3, -0.25) is 9.59 Å². The van der Waals surface area contributed by atoms with Crippen molar-refractivity contribution in [3.63, 3.8) is 0 Å². The summed E-state index contributed by atoms with van der Waals surface area (Å²) in [6.07, 6.45) is 0.472. The van der Waals surface area contributed by atoms with Gasteiger partial charge in [0.1, 0.15) is 0 Å². The van der Waals surface area contributed by atoms with Crippen molar-refractivity contribution >= 4 is 23.2 Å². The van der Waals surface area contributed by atoms with Gasteiger partial charge < -0.3 is 11.1 Å². The van der Waals surface area contributed by atoms with Crippen molar-refractivity contribution in [3.05, 3.63) is 23.8 Å². The molecule has 0 aliphatic carbocycles. The van der Waals surface area contributed by atoms with E-state index in [0.717, 1.165) is 11.3 Å². The smallest absolute Gasteiger partial charge is 0.238 e. The number of hydrogen-bond donors (Lipinski definition) is 2. The summed E-state index contributed by atoms with van der Waals surface area (Å²) in [7, 11) is 1.82. The molecular weight excluding hydrogens is 218 g/mol. The van der Waals surface area contributed by atoms with E-state index in [9.17, 15) is 9.59 Å². The molecule has 0 saturated carbocycles. The normalized spacial score (nSPS) is 13.8. The van der Waals surface area contributed by atoms with E-state index in [1.807, 2.05) is 19.2 Å². The Bertz CT molecular complexity index is 471. The Morgan fingerprint density at radius 3 is 2.94 bits per heavy atom. The van der Waals surface area contributed by atoms with Crippen LogP contribution >= 0.6 is 0 Å². The highest BCUT2D eigenvalue weighted by Gasteiger charge is 2.31. The van der Waals surface area contributed by atoms with E-state index in [-0.39, 0.29) is 31.2 Å². The zero-order valence-corrected chi connectivity index (χ0v) is 9.69. The monoisotopic (exact) mass is 233 g/mol. The molecule has 0 atom stereocenters. The van der Waals surface area contributed by atoms with Crippen molar-refractivity contribution in [2.45, 2.75) is 12.8 Å². The van der Waals surface area contributed by atoms with Crippen molar-refractivity contribution in [2.24, 2.45) is 5.73 Å². The second kappa shape index (κ2) is 4.55. The minimum atomic E-state index is -0.228. The van der Waals surface area contributed by atoms with Gasteiger partial charge in [0, 0.05) is 25.7 Å². The summed E-state index contributed by atoms with van der Waals surface area (Å²) in [4.78, 5) is 24.8. The first-order valence-corrected chi connectivity index (χ1v) is 5.54. The molecule has 5 nitrogen and oxygen atoms in total. The highest BCUT2D eigenvalue weighted by molar-refractivity contribution is 6.19. The number of imide groups is 1. The Morgan fingerprint density at radius 1 is 1.53 bits per heavy atom. The van der Waals surface area contributed by atoms with E-state index in [0.29, 0.717) is 5.69 Å². The number of rotatable bonds is 3. The van der Waals surface area contributed by atoms with Gasteiger partial charge in [0.2, 0.25) is 11.8 Å². The minimum Gasteiger partial charge on any atom is -0.388 e. The maximum atomic E-state index is 11.8. The summed E-state index contributed by atoms with van der Waals surface area (Å²) in [5.74, 6) is -0.403. The molecule has 0 bridgehead atoms. The molecule has 1 aliphatic heterocycles. The maximum Gasteiger partial charge on any atom is 0.238 e. The summed E-state index contributed by atoms with van der Waals surface area (Å²) in [5, 5.41) is 3.01. The molecule has 0 saturated heterocycles. The maximum absolute atomic E-state index is 11.8. The third kappa shape index (κ3) is 2.01. The average molecular weight is 233 g/mol. The number of benzene rings is 1. The van der Waals surface area contributed by atoms with Crippen LogP contribution in [0.1, 0.15) is 12.0 Å². The van der Waals surface area contributed by atoms with E-state index < -0.39 is 0 Å². The van der Waals surface area contributed by atoms with Gasteiger partial charge in [0.05, 0.1) is 12.1 Å². The first-order chi connectivity index (χ1) is 8.17. The second-order valence-corrected chi connectivity index (χ2v) is 3.93. The van der Waals surface area contributed by atoms with Crippen LogP contribution in [0.5, 0.6) is 0 Å². The minimum absolute atomic E-state index is 0.174. The number of hydrogen-bond acceptors (Lipinski definition) is 4. The molecule has 0 radical (unpaired) electrons. The average Bonchev–Trinajstić information content (AvgIpc) is 2.64. The predicted molar refractivity (Wildman–Crippen MR) is 65.9 cm³/mol. The van der Waals surface area contributed by atoms with Crippen LogP contribution in [-0.2, 0) is 16.0 Å². The summed E-state index contributed by atoms with van der Waals surface area (Å²) in [6, 6.07) is 5.53. The number of fused-ring (bicyclic) bond motifs is 1. The highest BCUT2D eigenvalue weighted by atomic mass is 16.2. The molecule has 1 aromatic rings. The summed E-state index contributed by atoms with van der Waals surface area (Å²) in [5.41, 5.74) is 7.84. The SMILES string of the molecule is CNc1ccc2c(c1)CC(=O)N2C(=O)CCN. The van der Waals surface area contributed by atoms with Gasteiger partial charge in [0.15, 0.2) is 0 Å². The van der Waals surface area contributed by atoms with Crippen molar-refractivity contribution in [1.82, 2.24) is 0 Å². The number of amides is 2. The molecule has 0 spiro atoms. The lowest BCUT2D eigenvalue weighted by Gasteiger charge is -2.15. The van der Waals surface area contributed by atoms with Crippen LogP contribution in [0.25, 0.3) is 0 Å². The fourth-order valence-electron chi connectivity index (χ4n) is 1.99. The molecule has 0 aromatic heterocycles. The number of nitrogens with zero attached hydrogens (tertiary/aromatic N) is 1. The van der Waals surface area contributed by atoms with E-state index in [4.69, 9.17) is 5.73 Å². The number of carbonyl (C=O) groups excluding carboxylic acids is 2. The Hall–Kier alpha value is -1.88. The molecule has 1 heterocycles. The quantitative estimate of drug-likeness (QED) is 0.796. The molecule has 1 aromatic carbocycles. The van der Waals surface area contributed by atoms with Crippen LogP contribution in [-0.4, -0.2) is 25.4 Å². The molecule has 90 valence electrons. The topological polar surface area (TPSA) is 75.4 Å². The second-order valence-electron chi connectivity index (χ2n) is 3.93. The summed E-state index contributed by atoms with van der Waals surface area (Å²) in [6.45, 7) is 0.256. The molecule has 17 heavy (non-hydrogen) atoms. The Balaban J connectivity index is 2.34. The molecule has 2 amide bonds. The third-order valence-electron chi connectivity index (χ3n) is 2.81. The largest absolute Gasteiger partial charge is 0.388 e.